The Morgan fingerprint density at radius 2 is 1.23 bits per heavy atom. The summed E-state index contributed by atoms with van der Waals surface area (Å²) in [7, 11) is 0. The van der Waals surface area contributed by atoms with Crippen molar-refractivity contribution in [2.75, 3.05) is 0 Å². The zero-order valence-electron chi connectivity index (χ0n) is 19.8. The van der Waals surface area contributed by atoms with Crippen molar-refractivity contribution < 1.29 is 0 Å². The van der Waals surface area contributed by atoms with Crippen LogP contribution in [-0.4, -0.2) is 9.13 Å². The van der Waals surface area contributed by atoms with Gasteiger partial charge in [-0.3, -0.25) is 0 Å². The van der Waals surface area contributed by atoms with Crippen LogP contribution in [0.15, 0.2) is 116 Å². The van der Waals surface area contributed by atoms with Crippen molar-refractivity contribution in [1.82, 2.24) is 9.13 Å². The van der Waals surface area contributed by atoms with Crippen molar-refractivity contribution in [3.63, 3.8) is 0 Å². The normalized spacial score (nSPS) is 11.7. The minimum atomic E-state index is 1.07. The van der Waals surface area contributed by atoms with E-state index in [0.717, 1.165) is 28.1 Å². The largest absolute Gasteiger partial charge is 0.309 e. The summed E-state index contributed by atoms with van der Waals surface area (Å²) in [5.74, 6) is 0. The lowest BCUT2D eigenvalue weighted by Gasteiger charge is -2.09. The maximum Gasteiger partial charge on any atom is 0.0548 e. The molecule has 2 aromatic heterocycles. The Morgan fingerprint density at radius 1 is 0.629 bits per heavy atom. The van der Waals surface area contributed by atoms with Gasteiger partial charge in [0, 0.05) is 33.1 Å². The van der Waals surface area contributed by atoms with Crippen molar-refractivity contribution in [3.8, 4) is 11.4 Å². The topological polar surface area (TPSA) is 9.86 Å². The molecule has 0 amide bonds. The van der Waals surface area contributed by atoms with E-state index < -0.39 is 0 Å². The number of hydrogen-bond acceptors (Lipinski definition) is 0. The van der Waals surface area contributed by atoms with Crippen LogP contribution in [0.4, 0.5) is 0 Å². The van der Waals surface area contributed by atoms with E-state index >= 15 is 0 Å². The molecule has 0 N–H and O–H groups in total. The maximum atomic E-state index is 4.18. The molecule has 6 rings (SSSR count). The Morgan fingerprint density at radius 3 is 1.89 bits per heavy atom. The van der Waals surface area contributed by atoms with Gasteiger partial charge in [-0.2, -0.15) is 0 Å². The van der Waals surface area contributed by atoms with Gasteiger partial charge in [-0.25, -0.2) is 0 Å². The van der Waals surface area contributed by atoms with Crippen LogP contribution in [0.2, 0.25) is 0 Å². The highest BCUT2D eigenvalue weighted by atomic mass is 15.0. The number of aromatic nitrogens is 2. The molecule has 0 aliphatic rings. The molecule has 168 valence electrons. The average Bonchev–Trinajstić information content (AvgIpc) is 3.37. The molecule has 2 nitrogen and oxygen atoms in total. The van der Waals surface area contributed by atoms with Crippen molar-refractivity contribution in [1.29, 1.82) is 0 Å². The first-order valence-corrected chi connectivity index (χ1v) is 11.9. The second-order valence-corrected chi connectivity index (χ2v) is 8.85. The quantitative estimate of drug-likeness (QED) is 0.232. The summed E-state index contributed by atoms with van der Waals surface area (Å²) in [6.07, 6.45) is 7.91. The minimum absolute atomic E-state index is 1.07. The van der Waals surface area contributed by atoms with E-state index in [2.05, 4.69) is 126 Å². The maximum absolute atomic E-state index is 4.18. The third-order valence-electron chi connectivity index (χ3n) is 6.71. The highest BCUT2D eigenvalue weighted by Crippen LogP contribution is 2.39. The Kier molecular flexibility index (Phi) is 5.00. The molecule has 0 saturated carbocycles. The van der Waals surface area contributed by atoms with Gasteiger partial charge >= 0.3 is 0 Å². The summed E-state index contributed by atoms with van der Waals surface area (Å²) in [6, 6.07) is 32.5. The highest BCUT2D eigenvalue weighted by Gasteiger charge is 2.19. The van der Waals surface area contributed by atoms with Gasteiger partial charge in [-0.15, -0.1) is 0 Å². The SMILES string of the molecule is C=C/C=C\c1c(C=C)n(-c2ccccc2)c2cc3c4ccc(C)cc4n(-c4ccccc4)c3cc12. The molecule has 0 radical (unpaired) electrons. The van der Waals surface area contributed by atoms with E-state index in [4.69, 9.17) is 0 Å². The second kappa shape index (κ2) is 8.34. The molecule has 6 aromatic rings. The van der Waals surface area contributed by atoms with E-state index in [1.165, 1.54) is 32.8 Å². The molecule has 0 aliphatic heterocycles. The fourth-order valence-corrected chi connectivity index (χ4v) is 5.20. The van der Waals surface area contributed by atoms with Gasteiger partial charge < -0.3 is 9.13 Å². The number of aryl methyl sites for hydroxylation is 1. The molecular formula is C33H26N2. The molecule has 2 heterocycles. The van der Waals surface area contributed by atoms with Gasteiger partial charge in [0.1, 0.15) is 0 Å². The van der Waals surface area contributed by atoms with Gasteiger partial charge in [-0.05, 0) is 61.0 Å². The second-order valence-electron chi connectivity index (χ2n) is 8.85. The molecule has 0 unspecified atom stereocenters. The molecule has 0 atom stereocenters. The zero-order valence-corrected chi connectivity index (χ0v) is 19.8. The van der Waals surface area contributed by atoms with E-state index in [1.807, 2.05) is 18.2 Å². The number of nitrogens with zero attached hydrogens (tertiary/aromatic N) is 2. The first-order chi connectivity index (χ1) is 17.2. The van der Waals surface area contributed by atoms with Gasteiger partial charge in [0.25, 0.3) is 0 Å². The molecule has 0 bridgehead atoms. The monoisotopic (exact) mass is 450 g/mol. The van der Waals surface area contributed by atoms with Gasteiger partial charge in [0.15, 0.2) is 0 Å². The molecule has 0 saturated heterocycles. The lowest BCUT2D eigenvalue weighted by Crippen LogP contribution is -1.96. The molecule has 35 heavy (non-hydrogen) atoms. The average molecular weight is 451 g/mol. The van der Waals surface area contributed by atoms with Crippen LogP contribution < -0.4 is 0 Å². The number of rotatable bonds is 5. The number of allylic oxidation sites excluding steroid dienone is 2. The van der Waals surface area contributed by atoms with Gasteiger partial charge in [-0.1, -0.05) is 79.9 Å². The first-order valence-electron chi connectivity index (χ1n) is 11.9. The Labute approximate surface area is 205 Å². The predicted molar refractivity (Wildman–Crippen MR) is 152 cm³/mol. The molecule has 4 aromatic carbocycles. The summed E-state index contributed by atoms with van der Waals surface area (Å²) in [6.45, 7) is 10.2. The predicted octanol–water partition coefficient (Wildman–Crippen LogP) is 8.88. The zero-order chi connectivity index (χ0) is 23.9. The minimum Gasteiger partial charge on any atom is -0.309 e. The van der Waals surface area contributed by atoms with Crippen molar-refractivity contribution >= 4 is 44.9 Å². The molecule has 2 heteroatoms. The van der Waals surface area contributed by atoms with Crippen molar-refractivity contribution in [3.05, 3.63) is 133 Å². The summed E-state index contributed by atoms with van der Waals surface area (Å²) in [5.41, 5.74) is 9.31. The van der Waals surface area contributed by atoms with Crippen LogP contribution in [0.25, 0.3) is 56.2 Å². The third kappa shape index (κ3) is 3.26. The fourth-order valence-electron chi connectivity index (χ4n) is 5.20. The van der Waals surface area contributed by atoms with Crippen molar-refractivity contribution in [2.24, 2.45) is 0 Å². The third-order valence-corrected chi connectivity index (χ3v) is 6.71. The highest BCUT2D eigenvalue weighted by molar-refractivity contribution is 6.15. The number of benzene rings is 4. The fraction of sp³-hybridized carbons (Fsp3) is 0.0303. The first kappa shape index (κ1) is 21.0. The van der Waals surface area contributed by atoms with E-state index in [9.17, 15) is 0 Å². The Bertz CT molecular complexity index is 1760. The Hall–Kier alpha value is -4.56. The number of hydrogen-bond donors (Lipinski definition) is 0. The number of fused-ring (bicyclic) bond motifs is 4. The van der Waals surface area contributed by atoms with E-state index in [1.54, 1.807) is 0 Å². The summed E-state index contributed by atoms with van der Waals surface area (Å²) >= 11 is 0. The van der Waals surface area contributed by atoms with Gasteiger partial charge in [0.05, 0.1) is 22.2 Å². The van der Waals surface area contributed by atoms with Crippen LogP contribution in [-0.2, 0) is 0 Å². The molecule has 0 spiro atoms. The van der Waals surface area contributed by atoms with Gasteiger partial charge in [0.2, 0.25) is 0 Å². The lowest BCUT2D eigenvalue weighted by molar-refractivity contribution is 1.11. The van der Waals surface area contributed by atoms with Crippen LogP contribution in [0, 0.1) is 6.92 Å². The summed E-state index contributed by atoms with van der Waals surface area (Å²) in [5, 5.41) is 3.67. The van der Waals surface area contributed by atoms with Crippen LogP contribution >= 0.6 is 0 Å². The van der Waals surface area contributed by atoms with E-state index in [0.29, 0.717) is 0 Å². The molecule has 0 fully saturated rings. The lowest BCUT2D eigenvalue weighted by atomic mass is 10.1. The Balaban J connectivity index is 1.83. The van der Waals surface area contributed by atoms with E-state index in [-0.39, 0.29) is 0 Å². The standard InChI is InChI=1S/C33H26N2/c1-4-6-17-26-28-21-33-29(22-32(28)34(30(26)5-2)24-13-9-7-10-14-24)27-19-18-23(3)20-31(27)35(33)25-15-11-8-12-16-25/h4-22H,1-2H2,3H3/b17-6-. The smallest absolute Gasteiger partial charge is 0.0548 e. The van der Waals surface area contributed by atoms with Crippen LogP contribution in [0.5, 0.6) is 0 Å². The van der Waals surface area contributed by atoms with Crippen molar-refractivity contribution in [2.45, 2.75) is 6.92 Å². The van der Waals surface area contributed by atoms with Crippen LogP contribution in [0.3, 0.4) is 0 Å². The summed E-state index contributed by atoms with van der Waals surface area (Å²) in [4.78, 5) is 0. The number of para-hydroxylation sites is 2. The molecule has 0 aliphatic carbocycles. The molecular weight excluding hydrogens is 424 g/mol. The van der Waals surface area contributed by atoms with Crippen LogP contribution in [0.1, 0.15) is 16.8 Å². The summed E-state index contributed by atoms with van der Waals surface area (Å²) < 4.78 is 4.69.